The summed E-state index contributed by atoms with van der Waals surface area (Å²) in [4.78, 5) is 14.0. The topological polar surface area (TPSA) is 68.1 Å². The molecule has 4 nitrogen and oxygen atoms in total. The standard InChI is InChI=1S/C10H9N2O2/c1-14-6-2-3-9-7(4-6)8(5-12-9)10(11)13/h3-5,12H,1H3,(H2,11,13). The molecule has 0 saturated heterocycles. The van der Waals surface area contributed by atoms with Gasteiger partial charge in [-0.1, -0.05) is 0 Å². The molecule has 0 fully saturated rings. The van der Waals surface area contributed by atoms with Crippen LogP contribution in [0.5, 0.6) is 5.75 Å². The van der Waals surface area contributed by atoms with Gasteiger partial charge in [0.2, 0.25) is 0 Å². The second kappa shape index (κ2) is 3.06. The number of ether oxygens (including phenoxy) is 1. The largest absolute Gasteiger partial charge is 0.496 e. The number of rotatable bonds is 2. The lowest BCUT2D eigenvalue weighted by Crippen LogP contribution is -2.09. The van der Waals surface area contributed by atoms with E-state index in [0.717, 1.165) is 10.9 Å². The Labute approximate surface area is 80.7 Å². The van der Waals surface area contributed by atoms with E-state index in [4.69, 9.17) is 10.5 Å². The number of carbonyl (C=O) groups is 1. The highest BCUT2D eigenvalue weighted by Gasteiger charge is 2.08. The Morgan fingerprint density at radius 2 is 2.43 bits per heavy atom. The van der Waals surface area contributed by atoms with E-state index in [2.05, 4.69) is 11.1 Å². The number of methoxy groups -OCH3 is 1. The van der Waals surface area contributed by atoms with Crippen LogP contribution in [0.25, 0.3) is 10.9 Å². The van der Waals surface area contributed by atoms with E-state index < -0.39 is 5.91 Å². The van der Waals surface area contributed by atoms with E-state index in [0.29, 0.717) is 11.3 Å². The third-order valence-corrected chi connectivity index (χ3v) is 2.07. The highest BCUT2D eigenvalue weighted by molar-refractivity contribution is 6.06. The summed E-state index contributed by atoms with van der Waals surface area (Å²) in [7, 11) is 1.55. The second-order valence-corrected chi connectivity index (χ2v) is 2.90. The van der Waals surface area contributed by atoms with Crippen LogP contribution in [0.4, 0.5) is 0 Å². The molecule has 2 rings (SSSR count). The van der Waals surface area contributed by atoms with Crippen LogP contribution >= 0.6 is 0 Å². The average Bonchev–Trinajstić information content (AvgIpc) is 2.59. The van der Waals surface area contributed by atoms with Gasteiger partial charge in [0.15, 0.2) is 0 Å². The maximum absolute atomic E-state index is 11.0. The number of aromatic nitrogens is 1. The van der Waals surface area contributed by atoms with E-state index in [1.165, 1.54) is 0 Å². The first-order valence-corrected chi connectivity index (χ1v) is 4.09. The van der Waals surface area contributed by atoms with Crippen molar-refractivity contribution in [1.29, 1.82) is 0 Å². The zero-order valence-electron chi connectivity index (χ0n) is 7.63. The number of carbonyl (C=O) groups excluding carboxylic acids is 1. The van der Waals surface area contributed by atoms with E-state index in [-0.39, 0.29) is 0 Å². The van der Waals surface area contributed by atoms with E-state index >= 15 is 0 Å². The minimum absolute atomic E-state index is 0.454. The number of benzene rings is 1. The zero-order valence-corrected chi connectivity index (χ0v) is 7.63. The zero-order chi connectivity index (χ0) is 10.1. The van der Waals surface area contributed by atoms with Gasteiger partial charge in [-0.2, -0.15) is 0 Å². The molecule has 1 heterocycles. The molecule has 1 aromatic carbocycles. The molecule has 4 heteroatoms. The van der Waals surface area contributed by atoms with Gasteiger partial charge in [0.25, 0.3) is 5.91 Å². The normalized spacial score (nSPS) is 10.4. The third-order valence-electron chi connectivity index (χ3n) is 2.07. The number of hydrogen-bond acceptors (Lipinski definition) is 2. The molecule has 0 aliphatic heterocycles. The van der Waals surface area contributed by atoms with Gasteiger partial charge in [-0.25, -0.2) is 0 Å². The number of primary amides is 1. The lowest BCUT2D eigenvalue weighted by Gasteiger charge is -1.98. The Bertz CT molecular complexity index is 488. The Hall–Kier alpha value is -1.97. The van der Waals surface area contributed by atoms with Crippen LogP contribution in [0, 0.1) is 6.07 Å². The first-order chi connectivity index (χ1) is 6.72. The number of hydrogen-bond donors (Lipinski definition) is 2. The summed E-state index contributed by atoms with van der Waals surface area (Å²) in [6.07, 6.45) is 1.58. The molecule has 71 valence electrons. The number of nitrogens with one attached hydrogen (secondary N) is 1. The van der Waals surface area contributed by atoms with E-state index in [1.54, 1.807) is 25.4 Å². The molecule has 3 N–H and O–H groups in total. The summed E-state index contributed by atoms with van der Waals surface area (Å²) in [5.41, 5.74) is 6.49. The minimum Gasteiger partial charge on any atom is -0.496 e. The van der Waals surface area contributed by atoms with Crippen molar-refractivity contribution in [3.8, 4) is 5.75 Å². The van der Waals surface area contributed by atoms with Crippen LogP contribution in [0.3, 0.4) is 0 Å². The van der Waals surface area contributed by atoms with Crippen LogP contribution in [0.15, 0.2) is 18.3 Å². The van der Waals surface area contributed by atoms with Crippen LogP contribution in [-0.4, -0.2) is 18.0 Å². The Balaban J connectivity index is 2.69. The molecule has 0 aliphatic carbocycles. The third kappa shape index (κ3) is 1.21. The van der Waals surface area contributed by atoms with Gasteiger partial charge in [0.05, 0.1) is 12.7 Å². The van der Waals surface area contributed by atoms with Gasteiger partial charge >= 0.3 is 0 Å². The van der Waals surface area contributed by atoms with Gasteiger partial charge in [-0.15, -0.1) is 0 Å². The monoisotopic (exact) mass is 189 g/mol. The SMILES string of the molecule is COc1[c]cc2[nH]cc(C(N)=O)c2c1. The van der Waals surface area contributed by atoms with Gasteiger partial charge < -0.3 is 15.5 Å². The van der Waals surface area contributed by atoms with Gasteiger partial charge in [0.1, 0.15) is 5.75 Å². The van der Waals surface area contributed by atoms with Crippen molar-refractivity contribution >= 4 is 16.8 Å². The molecule has 1 amide bonds. The molecule has 14 heavy (non-hydrogen) atoms. The van der Waals surface area contributed by atoms with Crippen molar-refractivity contribution in [2.75, 3.05) is 7.11 Å². The summed E-state index contributed by atoms with van der Waals surface area (Å²) in [5, 5.41) is 0.758. The first kappa shape index (κ1) is 8.62. The van der Waals surface area contributed by atoms with E-state index in [1.807, 2.05) is 0 Å². The van der Waals surface area contributed by atoms with Crippen molar-refractivity contribution in [3.05, 3.63) is 30.0 Å². The number of H-pyrrole nitrogens is 1. The van der Waals surface area contributed by atoms with Gasteiger partial charge in [0, 0.05) is 23.2 Å². The summed E-state index contributed by atoms with van der Waals surface area (Å²) < 4.78 is 5.00. The highest BCUT2D eigenvalue weighted by Crippen LogP contribution is 2.22. The lowest BCUT2D eigenvalue weighted by molar-refractivity contribution is 0.100. The molecule has 0 atom stereocenters. The van der Waals surface area contributed by atoms with Crippen LogP contribution in [-0.2, 0) is 0 Å². The Kier molecular flexibility index (Phi) is 1.89. The fraction of sp³-hybridized carbons (Fsp3) is 0.100. The summed E-state index contributed by atoms with van der Waals surface area (Å²) in [6.45, 7) is 0. The van der Waals surface area contributed by atoms with Crippen LogP contribution in [0.2, 0.25) is 0 Å². The molecule has 2 aromatic rings. The smallest absolute Gasteiger partial charge is 0.250 e. The quantitative estimate of drug-likeness (QED) is 0.742. The fourth-order valence-electron chi connectivity index (χ4n) is 1.36. The summed E-state index contributed by atoms with van der Waals surface area (Å²) in [5.74, 6) is 0.129. The predicted molar refractivity (Wildman–Crippen MR) is 52.2 cm³/mol. The molecule has 1 radical (unpaired) electrons. The fourth-order valence-corrected chi connectivity index (χ4v) is 1.36. The summed E-state index contributed by atoms with van der Waals surface area (Å²) in [6, 6.07) is 6.36. The Morgan fingerprint density at radius 3 is 3.07 bits per heavy atom. The molecule has 0 saturated carbocycles. The molecule has 1 aromatic heterocycles. The number of fused-ring (bicyclic) bond motifs is 1. The maximum atomic E-state index is 11.0. The van der Waals surface area contributed by atoms with Crippen molar-refractivity contribution in [3.63, 3.8) is 0 Å². The number of nitrogens with two attached hydrogens (primary N) is 1. The lowest BCUT2D eigenvalue weighted by atomic mass is 10.1. The van der Waals surface area contributed by atoms with E-state index in [9.17, 15) is 4.79 Å². The molecule has 0 spiro atoms. The second-order valence-electron chi connectivity index (χ2n) is 2.90. The average molecular weight is 189 g/mol. The molecule has 0 unspecified atom stereocenters. The van der Waals surface area contributed by atoms with Crippen molar-refractivity contribution < 1.29 is 9.53 Å². The molecule has 0 aliphatic rings. The molecule has 0 bridgehead atoms. The number of amides is 1. The molecular weight excluding hydrogens is 180 g/mol. The molecular formula is C10H9N2O2. The van der Waals surface area contributed by atoms with Crippen molar-refractivity contribution in [2.45, 2.75) is 0 Å². The minimum atomic E-state index is -0.454. The van der Waals surface area contributed by atoms with Gasteiger partial charge in [-0.05, 0) is 12.1 Å². The summed E-state index contributed by atoms with van der Waals surface area (Å²) >= 11 is 0. The Morgan fingerprint density at radius 1 is 1.64 bits per heavy atom. The van der Waals surface area contributed by atoms with Crippen LogP contribution < -0.4 is 10.5 Å². The predicted octanol–water partition coefficient (Wildman–Crippen LogP) is 1.08. The maximum Gasteiger partial charge on any atom is 0.250 e. The van der Waals surface area contributed by atoms with Gasteiger partial charge in [-0.3, -0.25) is 4.79 Å². The number of aromatic amines is 1. The van der Waals surface area contributed by atoms with Crippen molar-refractivity contribution in [1.82, 2.24) is 4.98 Å². The van der Waals surface area contributed by atoms with Crippen molar-refractivity contribution in [2.24, 2.45) is 5.73 Å². The highest BCUT2D eigenvalue weighted by atomic mass is 16.5. The van der Waals surface area contributed by atoms with Crippen LogP contribution in [0.1, 0.15) is 10.4 Å². The first-order valence-electron chi connectivity index (χ1n) is 4.09.